The highest BCUT2D eigenvalue weighted by Gasteiger charge is 2.24. The van der Waals surface area contributed by atoms with Crippen molar-refractivity contribution in [2.75, 3.05) is 144 Å². The summed E-state index contributed by atoms with van der Waals surface area (Å²) in [5.41, 5.74) is 16.0. The molecule has 0 aliphatic heterocycles. The van der Waals surface area contributed by atoms with Crippen molar-refractivity contribution in [2.24, 2.45) is 17.2 Å². The molecule has 25 nitrogen and oxygen atoms in total. The van der Waals surface area contributed by atoms with Gasteiger partial charge in [0.25, 0.3) is 0 Å². The standard InChI is InChI=1S/C14H29N5O4.C14H31N5O3S2.C14H29N5O3/c1-11(20)19-12(14(22)18-5-3-9-23-2)10-13(21)17-8-7-16-6-4-15;1-16-12(11-13(20)18-6-5-17-4-3-15)14(21)19-7-9-23-24-10-8-22-2;1-3-4-6-18-14(22)12(19-11(2)20)10-13(21)17-9-8-16-7-5-15/h12,16H,3-10,15H2,1-2H3,(H,17,21)(H,18,22)(H,19,20);12,16-17H,3-11,15H2,1-2H3,(H,18,20)(H,19,21);12,16H,3-10,15H2,1-2H3,(H,17,21)(H,18,22)(H,19,20). The normalized spacial score (nSPS) is 11.7. The van der Waals surface area contributed by atoms with E-state index in [0.717, 1.165) is 37.5 Å². The van der Waals surface area contributed by atoms with Gasteiger partial charge in [-0.1, -0.05) is 34.9 Å². The number of rotatable bonds is 41. The molecule has 69 heavy (non-hydrogen) atoms. The van der Waals surface area contributed by atoms with Gasteiger partial charge < -0.3 is 90.5 Å². The lowest BCUT2D eigenvalue weighted by Crippen LogP contribution is -2.49. The number of methoxy groups -OCH3 is 2. The number of likely N-dealkylation sites (N-methyl/N-ethyl adjacent to an activating group) is 1. The Morgan fingerprint density at radius 1 is 0.464 bits per heavy atom. The Balaban J connectivity index is -0.000000948. The van der Waals surface area contributed by atoms with Crippen molar-refractivity contribution in [3.63, 3.8) is 0 Å². The Morgan fingerprint density at radius 2 is 0.841 bits per heavy atom. The first-order valence-electron chi connectivity index (χ1n) is 23.5. The summed E-state index contributed by atoms with van der Waals surface area (Å²) in [6.07, 6.45) is 2.42. The van der Waals surface area contributed by atoms with Crippen LogP contribution in [0.1, 0.15) is 59.3 Å². The average Bonchev–Trinajstić information content (AvgIpc) is 3.31. The molecule has 0 aliphatic rings. The molecule has 18 N–H and O–H groups in total. The number of nitrogens with two attached hydrogens (primary N) is 3. The first kappa shape index (κ1) is 69.4. The van der Waals surface area contributed by atoms with Crippen LogP contribution in [0, 0.1) is 0 Å². The largest absolute Gasteiger partial charge is 0.385 e. The van der Waals surface area contributed by atoms with E-state index in [1.165, 1.54) is 13.8 Å². The van der Waals surface area contributed by atoms with Crippen molar-refractivity contribution in [2.45, 2.75) is 77.4 Å². The Kier molecular flexibility index (Phi) is 52.2. The molecule has 3 atom stereocenters. The van der Waals surface area contributed by atoms with Crippen LogP contribution in [0.4, 0.5) is 0 Å². The molecule has 0 aromatic rings. The number of hydrogen-bond acceptors (Lipinski definition) is 19. The van der Waals surface area contributed by atoms with Gasteiger partial charge in [0.2, 0.25) is 47.3 Å². The van der Waals surface area contributed by atoms with Crippen LogP contribution in [0.5, 0.6) is 0 Å². The summed E-state index contributed by atoms with van der Waals surface area (Å²) in [4.78, 5) is 93.8. The van der Waals surface area contributed by atoms with Gasteiger partial charge in [-0.3, -0.25) is 38.4 Å². The van der Waals surface area contributed by atoms with Crippen molar-refractivity contribution < 1.29 is 47.8 Å². The summed E-state index contributed by atoms with van der Waals surface area (Å²) in [7, 11) is 8.34. The molecule has 0 radical (unpaired) electrons. The van der Waals surface area contributed by atoms with E-state index < -0.39 is 18.1 Å². The molecule has 0 fully saturated rings. The van der Waals surface area contributed by atoms with E-state index in [4.69, 9.17) is 26.7 Å². The minimum absolute atomic E-state index is 0.0750. The quantitative estimate of drug-likeness (QED) is 0.0201. The van der Waals surface area contributed by atoms with Crippen molar-refractivity contribution in [3.05, 3.63) is 0 Å². The zero-order valence-electron chi connectivity index (χ0n) is 42.0. The lowest BCUT2D eigenvalue weighted by atomic mass is 10.1. The molecule has 0 heterocycles. The summed E-state index contributed by atoms with van der Waals surface area (Å²) in [6, 6.07) is -2.24. The highest BCUT2D eigenvalue weighted by atomic mass is 33.1. The van der Waals surface area contributed by atoms with Crippen LogP contribution in [-0.2, 0) is 47.8 Å². The predicted molar refractivity (Wildman–Crippen MR) is 274 cm³/mol. The fraction of sp³-hybridized carbons (Fsp3) is 0.810. The third-order valence-corrected chi connectivity index (χ3v) is 11.0. The third-order valence-electron chi connectivity index (χ3n) is 8.65. The first-order valence-corrected chi connectivity index (χ1v) is 26.0. The molecule has 404 valence electrons. The maximum atomic E-state index is 12.0. The number of hydrogen-bond donors (Lipinski definition) is 15. The molecule has 8 amide bonds. The number of ether oxygens (including phenoxy) is 2. The van der Waals surface area contributed by atoms with Gasteiger partial charge in [0.1, 0.15) is 12.1 Å². The third kappa shape index (κ3) is 48.9. The molecular formula is C42H89N15O10S2. The van der Waals surface area contributed by atoms with E-state index in [9.17, 15) is 38.4 Å². The lowest BCUT2D eigenvalue weighted by molar-refractivity contribution is -0.131. The van der Waals surface area contributed by atoms with E-state index in [1.54, 1.807) is 42.9 Å². The number of nitrogens with one attached hydrogen (secondary N) is 12. The molecule has 0 saturated heterocycles. The zero-order valence-corrected chi connectivity index (χ0v) is 43.7. The van der Waals surface area contributed by atoms with E-state index in [-0.39, 0.29) is 66.5 Å². The van der Waals surface area contributed by atoms with Crippen LogP contribution in [-0.4, -0.2) is 210 Å². The van der Waals surface area contributed by atoms with Crippen LogP contribution < -0.4 is 81.0 Å². The molecule has 0 saturated carbocycles. The second-order valence-corrected chi connectivity index (χ2v) is 17.5. The van der Waals surface area contributed by atoms with Crippen molar-refractivity contribution >= 4 is 68.8 Å². The maximum absolute atomic E-state index is 12.0. The Morgan fingerprint density at radius 3 is 1.22 bits per heavy atom. The van der Waals surface area contributed by atoms with Crippen LogP contribution in [0.15, 0.2) is 0 Å². The molecule has 3 unspecified atom stereocenters. The second kappa shape index (κ2) is 51.9. The highest BCUT2D eigenvalue weighted by Crippen LogP contribution is 2.19. The molecular weight excluding hydrogens is 939 g/mol. The topological polar surface area (TPSA) is 377 Å². The highest BCUT2D eigenvalue weighted by molar-refractivity contribution is 8.76. The van der Waals surface area contributed by atoms with Gasteiger partial charge >= 0.3 is 0 Å². The minimum atomic E-state index is -0.882. The number of carbonyl (C=O) groups is 8. The SMILES string of the molecule is CCCCNC(=O)C(CC(=O)NCCNCCN)NC(C)=O.CNC(CC(=O)NCCNCCN)C(=O)NCCSSCCOC.COCCCNC(=O)C(CC(=O)NCCNCCN)NC(C)=O. The van der Waals surface area contributed by atoms with Gasteiger partial charge in [0, 0.05) is 144 Å². The summed E-state index contributed by atoms with van der Waals surface area (Å²) >= 11 is 0. The number of unbranched alkanes of at least 4 members (excludes halogenated alkanes) is 1. The average molecular weight is 1030 g/mol. The molecule has 0 rings (SSSR count). The van der Waals surface area contributed by atoms with E-state index in [0.29, 0.717) is 105 Å². The van der Waals surface area contributed by atoms with Crippen LogP contribution in [0.2, 0.25) is 0 Å². The van der Waals surface area contributed by atoms with Gasteiger partial charge in [-0.15, -0.1) is 0 Å². The summed E-state index contributed by atoms with van der Waals surface area (Å²) in [5, 5.41) is 33.4. The van der Waals surface area contributed by atoms with Gasteiger partial charge in [-0.05, 0) is 19.9 Å². The van der Waals surface area contributed by atoms with Crippen LogP contribution >= 0.6 is 21.6 Å². The first-order chi connectivity index (χ1) is 33.2. The molecule has 0 aromatic heterocycles. The molecule has 0 spiro atoms. The zero-order chi connectivity index (χ0) is 52.3. The van der Waals surface area contributed by atoms with Crippen molar-refractivity contribution in [3.8, 4) is 0 Å². The number of carbonyl (C=O) groups excluding carboxylic acids is 8. The summed E-state index contributed by atoms with van der Waals surface area (Å²) in [6.45, 7) is 14.4. The van der Waals surface area contributed by atoms with E-state index >= 15 is 0 Å². The fourth-order valence-corrected chi connectivity index (χ4v) is 7.01. The van der Waals surface area contributed by atoms with Crippen molar-refractivity contribution in [1.82, 2.24) is 63.8 Å². The minimum Gasteiger partial charge on any atom is -0.385 e. The molecule has 0 aliphatic carbocycles. The van der Waals surface area contributed by atoms with Gasteiger partial charge in [0.05, 0.1) is 31.9 Å². The smallest absolute Gasteiger partial charge is 0.243 e. The lowest BCUT2D eigenvalue weighted by Gasteiger charge is -2.17. The fourth-order valence-electron chi connectivity index (χ4n) is 5.20. The molecule has 27 heteroatoms. The van der Waals surface area contributed by atoms with Crippen LogP contribution in [0.3, 0.4) is 0 Å². The van der Waals surface area contributed by atoms with Gasteiger partial charge in [0.15, 0.2) is 0 Å². The van der Waals surface area contributed by atoms with Gasteiger partial charge in [-0.2, -0.15) is 0 Å². The Labute approximate surface area is 417 Å². The molecule has 0 aromatic carbocycles. The number of amides is 8. The summed E-state index contributed by atoms with van der Waals surface area (Å²) in [5.74, 6) is -0.561. The maximum Gasteiger partial charge on any atom is 0.243 e. The molecule has 0 bridgehead atoms. The van der Waals surface area contributed by atoms with E-state index in [2.05, 4.69) is 63.8 Å². The van der Waals surface area contributed by atoms with Crippen LogP contribution in [0.25, 0.3) is 0 Å². The Bertz CT molecular complexity index is 1370. The second-order valence-electron chi connectivity index (χ2n) is 14.8. The predicted octanol–water partition coefficient (Wildman–Crippen LogP) is -5.07. The monoisotopic (exact) mass is 1030 g/mol. The Hall–Kier alpha value is -3.90. The van der Waals surface area contributed by atoms with Crippen molar-refractivity contribution in [1.29, 1.82) is 0 Å². The van der Waals surface area contributed by atoms with E-state index in [1.807, 2.05) is 6.92 Å². The van der Waals surface area contributed by atoms with Gasteiger partial charge in [-0.25, -0.2) is 0 Å². The summed E-state index contributed by atoms with van der Waals surface area (Å²) < 4.78 is 9.84.